The molecule has 0 aromatic carbocycles. The molecule has 15 heavy (non-hydrogen) atoms. The van der Waals surface area contributed by atoms with Crippen molar-refractivity contribution in [3.63, 3.8) is 0 Å². The van der Waals surface area contributed by atoms with E-state index in [1.165, 1.54) is 0 Å². The second-order valence-corrected chi connectivity index (χ2v) is 2.55. The van der Waals surface area contributed by atoms with Gasteiger partial charge in [-0.3, -0.25) is 16.2 Å². The first kappa shape index (κ1) is 10.5. The van der Waals surface area contributed by atoms with Gasteiger partial charge in [0.1, 0.15) is 0 Å². The lowest BCUT2D eigenvalue weighted by atomic mass is 10.4. The van der Waals surface area contributed by atoms with Gasteiger partial charge in [0.05, 0.1) is 0 Å². The van der Waals surface area contributed by atoms with Gasteiger partial charge in [-0.2, -0.15) is 0 Å². The summed E-state index contributed by atoms with van der Waals surface area (Å²) in [6.45, 7) is 0. The topological polar surface area (TPSA) is 188 Å². The van der Waals surface area contributed by atoms with Crippen LogP contribution in [0.25, 0.3) is 0 Å². The summed E-state index contributed by atoms with van der Waals surface area (Å²) in [6.07, 6.45) is 0. The van der Waals surface area contributed by atoms with Gasteiger partial charge in [-0.1, -0.05) is 0 Å². The average Bonchev–Trinajstić information content (AvgIpc) is 2.16. The number of hydrogen-bond acceptors (Lipinski definition) is 6. The molecular weight excluding hydrogens is 198 g/mol. The molecule has 1 aromatic heterocycles. The van der Waals surface area contributed by atoms with Gasteiger partial charge in [-0.25, -0.2) is 15.0 Å². The van der Waals surface area contributed by atoms with Crippen molar-refractivity contribution in [2.45, 2.75) is 0 Å². The van der Waals surface area contributed by atoms with Gasteiger partial charge in [0.25, 0.3) is 0 Å². The summed E-state index contributed by atoms with van der Waals surface area (Å²) in [5.41, 5.74) is 15.5. The number of rotatable bonds is 3. The maximum absolute atomic E-state index is 7.11. The normalized spacial score (nSPS) is 9.60. The van der Waals surface area contributed by atoms with Crippen molar-refractivity contribution < 1.29 is 0 Å². The maximum atomic E-state index is 7.11. The predicted molar refractivity (Wildman–Crippen MR) is 52.9 cm³/mol. The van der Waals surface area contributed by atoms with Gasteiger partial charge in [0.15, 0.2) is 35.0 Å². The zero-order valence-corrected chi connectivity index (χ0v) is 7.57. The van der Waals surface area contributed by atoms with Crippen LogP contribution in [0.15, 0.2) is 0 Å². The van der Waals surface area contributed by atoms with Crippen molar-refractivity contribution >= 4 is 17.5 Å². The van der Waals surface area contributed by atoms with E-state index in [0.29, 0.717) is 0 Å². The summed E-state index contributed by atoms with van der Waals surface area (Å²) < 4.78 is 0. The van der Waals surface area contributed by atoms with Crippen LogP contribution in [0.1, 0.15) is 17.5 Å². The Bertz CT molecular complexity index is 369. The third kappa shape index (κ3) is 2.21. The monoisotopic (exact) mass is 207 g/mol. The molecule has 0 spiro atoms. The third-order valence-corrected chi connectivity index (χ3v) is 1.36. The van der Waals surface area contributed by atoms with Crippen molar-refractivity contribution in [1.29, 1.82) is 16.2 Å². The minimum absolute atomic E-state index is 0.166. The summed E-state index contributed by atoms with van der Waals surface area (Å²) in [6, 6.07) is 0. The Balaban J connectivity index is 3.39. The Morgan fingerprint density at radius 3 is 1.00 bits per heavy atom. The van der Waals surface area contributed by atoms with Crippen LogP contribution in [0.4, 0.5) is 0 Å². The summed E-state index contributed by atoms with van der Waals surface area (Å²) in [4.78, 5) is 10.9. The van der Waals surface area contributed by atoms with E-state index in [2.05, 4.69) is 15.0 Å². The van der Waals surface area contributed by atoms with Crippen molar-refractivity contribution in [2.75, 3.05) is 0 Å². The molecule has 0 amide bonds. The zero-order chi connectivity index (χ0) is 11.6. The molecule has 0 aliphatic rings. The van der Waals surface area contributed by atoms with Crippen molar-refractivity contribution in [3.8, 4) is 0 Å². The van der Waals surface area contributed by atoms with E-state index in [1.54, 1.807) is 0 Å². The number of nitrogens with zero attached hydrogens (tertiary/aromatic N) is 3. The van der Waals surface area contributed by atoms with Crippen LogP contribution < -0.4 is 17.2 Å². The minimum atomic E-state index is -0.414. The lowest BCUT2D eigenvalue weighted by molar-refractivity contribution is 0.969. The van der Waals surface area contributed by atoms with Crippen molar-refractivity contribution in [1.82, 2.24) is 15.0 Å². The smallest absolute Gasteiger partial charge is 0.198 e. The Hall–Kier alpha value is -2.58. The second-order valence-electron chi connectivity index (χ2n) is 2.55. The van der Waals surface area contributed by atoms with Gasteiger partial charge < -0.3 is 17.2 Å². The third-order valence-electron chi connectivity index (χ3n) is 1.36. The average molecular weight is 207 g/mol. The Morgan fingerprint density at radius 1 is 0.667 bits per heavy atom. The quantitative estimate of drug-likeness (QED) is 0.239. The maximum Gasteiger partial charge on any atom is 0.198 e. The molecule has 0 unspecified atom stereocenters. The number of aromatic nitrogens is 3. The largest absolute Gasteiger partial charge is 0.381 e. The number of nitrogens with two attached hydrogens (primary N) is 3. The Morgan fingerprint density at radius 2 is 0.867 bits per heavy atom. The van der Waals surface area contributed by atoms with Crippen LogP contribution in [0.5, 0.6) is 0 Å². The van der Waals surface area contributed by atoms with Crippen molar-refractivity contribution in [2.24, 2.45) is 17.2 Å². The van der Waals surface area contributed by atoms with Gasteiger partial charge >= 0.3 is 0 Å². The first-order valence-corrected chi connectivity index (χ1v) is 3.71. The minimum Gasteiger partial charge on any atom is -0.381 e. The molecule has 0 saturated heterocycles. The fourth-order valence-corrected chi connectivity index (χ4v) is 0.737. The molecule has 0 fully saturated rings. The van der Waals surface area contributed by atoms with E-state index in [9.17, 15) is 0 Å². The fourth-order valence-electron chi connectivity index (χ4n) is 0.737. The lowest BCUT2D eigenvalue weighted by Gasteiger charge is -2.03. The van der Waals surface area contributed by atoms with Crippen LogP contribution in [0.3, 0.4) is 0 Å². The molecular formula is C6H9N9. The molecule has 0 aliphatic carbocycles. The standard InChI is InChI=1S/C6H9N9/c7-1(8)4-13-5(2(9)10)15-6(14-4)3(11)12/h(H3,7,8)(H3,9,10)(H3,11,12). The highest BCUT2D eigenvalue weighted by atomic mass is 15.1. The van der Waals surface area contributed by atoms with E-state index in [-0.39, 0.29) is 17.5 Å². The van der Waals surface area contributed by atoms with Crippen LogP contribution in [-0.4, -0.2) is 32.5 Å². The van der Waals surface area contributed by atoms with Gasteiger partial charge in [0, 0.05) is 0 Å². The number of nitrogens with one attached hydrogen (secondary N) is 3. The molecule has 0 atom stereocenters. The molecule has 1 rings (SSSR count). The number of amidine groups is 3. The molecule has 9 nitrogen and oxygen atoms in total. The fraction of sp³-hybridized carbons (Fsp3) is 0. The Labute approximate surface area is 84.3 Å². The van der Waals surface area contributed by atoms with Crippen LogP contribution in [0.2, 0.25) is 0 Å². The summed E-state index contributed by atoms with van der Waals surface area (Å²) >= 11 is 0. The Kier molecular flexibility index (Phi) is 2.56. The lowest BCUT2D eigenvalue weighted by Crippen LogP contribution is -2.26. The van der Waals surface area contributed by atoms with E-state index in [0.717, 1.165) is 0 Å². The number of nitrogen functional groups attached to an aromatic ring is 3. The molecule has 0 saturated carbocycles. The van der Waals surface area contributed by atoms with E-state index in [4.69, 9.17) is 33.4 Å². The molecule has 0 bridgehead atoms. The van der Waals surface area contributed by atoms with Crippen molar-refractivity contribution in [3.05, 3.63) is 17.5 Å². The molecule has 0 aliphatic heterocycles. The van der Waals surface area contributed by atoms with E-state index < -0.39 is 17.5 Å². The van der Waals surface area contributed by atoms with Crippen LogP contribution >= 0.6 is 0 Å². The predicted octanol–water partition coefficient (Wildman–Crippen LogP) is -2.28. The van der Waals surface area contributed by atoms with E-state index >= 15 is 0 Å². The van der Waals surface area contributed by atoms with Gasteiger partial charge in [0.2, 0.25) is 0 Å². The zero-order valence-electron chi connectivity index (χ0n) is 7.57. The van der Waals surface area contributed by atoms with Crippen LogP contribution in [0, 0.1) is 16.2 Å². The highest BCUT2D eigenvalue weighted by Gasteiger charge is 2.11. The number of hydrogen-bond donors (Lipinski definition) is 6. The van der Waals surface area contributed by atoms with E-state index in [1.807, 2.05) is 0 Å². The molecule has 78 valence electrons. The summed E-state index contributed by atoms with van der Waals surface area (Å²) in [5, 5.41) is 21.3. The molecule has 1 heterocycles. The highest BCUT2D eigenvalue weighted by Crippen LogP contribution is 1.95. The van der Waals surface area contributed by atoms with Gasteiger partial charge in [-0.15, -0.1) is 0 Å². The van der Waals surface area contributed by atoms with Gasteiger partial charge in [-0.05, 0) is 0 Å². The molecule has 1 aromatic rings. The summed E-state index contributed by atoms with van der Waals surface area (Å²) in [7, 11) is 0. The summed E-state index contributed by atoms with van der Waals surface area (Å²) in [5.74, 6) is -1.74. The molecule has 0 radical (unpaired) electrons. The first-order chi connectivity index (χ1) is 6.91. The SMILES string of the molecule is N=C(N)c1nc(C(=N)N)nc(C(=N)N)n1. The van der Waals surface area contributed by atoms with Crippen LogP contribution in [-0.2, 0) is 0 Å². The first-order valence-electron chi connectivity index (χ1n) is 3.71. The highest BCUT2D eigenvalue weighted by molar-refractivity contribution is 5.97. The second kappa shape index (κ2) is 3.65. The molecule has 9 N–H and O–H groups in total. The molecule has 9 heteroatoms.